The number of carbonyl (C=O) groups is 1. The fourth-order valence-electron chi connectivity index (χ4n) is 2.93. The number of carbonyl (C=O) groups excluding carboxylic acids is 1. The molecule has 1 amide bonds. The number of benzene rings is 1. The van der Waals surface area contributed by atoms with Gasteiger partial charge in [0.2, 0.25) is 0 Å². The molecule has 4 nitrogen and oxygen atoms in total. The quantitative estimate of drug-likeness (QED) is 0.742. The first kappa shape index (κ1) is 10.4. The summed E-state index contributed by atoms with van der Waals surface area (Å²) in [6, 6.07) is 8.36. The average molecular weight is 232 g/mol. The van der Waals surface area contributed by atoms with Gasteiger partial charge in [0.15, 0.2) is 0 Å². The predicted molar refractivity (Wildman–Crippen MR) is 65.1 cm³/mol. The number of rotatable bonds is 0. The molecule has 90 valence electrons. The lowest BCUT2D eigenvalue weighted by Crippen LogP contribution is -2.29. The van der Waals surface area contributed by atoms with Gasteiger partial charge >= 0.3 is 6.09 Å². The molecule has 0 unspecified atom stereocenters. The summed E-state index contributed by atoms with van der Waals surface area (Å²) in [6.07, 6.45) is -0.211. The summed E-state index contributed by atoms with van der Waals surface area (Å²) < 4.78 is 4.79. The third-order valence-corrected chi connectivity index (χ3v) is 3.79. The predicted octanol–water partition coefficient (Wildman–Crippen LogP) is 1.89. The van der Waals surface area contributed by atoms with Gasteiger partial charge in [0, 0.05) is 37.2 Å². The summed E-state index contributed by atoms with van der Waals surface area (Å²) in [4.78, 5) is 13.4. The number of nitrogens with one attached hydrogen (secondary N) is 1. The zero-order valence-corrected chi connectivity index (χ0v) is 9.85. The molecule has 1 saturated heterocycles. The number of fused-ring (bicyclic) bond motifs is 3. The number of anilines is 1. The van der Waals surface area contributed by atoms with Gasteiger partial charge in [-0.25, -0.2) is 4.79 Å². The number of likely N-dealkylation sites (tertiary alicyclic amines) is 1. The number of methoxy groups -OCH3 is 1. The van der Waals surface area contributed by atoms with Crippen molar-refractivity contribution >= 4 is 11.8 Å². The molecular formula is C13H16N2O2. The van der Waals surface area contributed by atoms with E-state index in [0.29, 0.717) is 11.8 Å². The Morgan fingerprint density at radius 2 is 2.24 bits per heavy atom. The van der Waals surface area contributed by atoms with Crippen molar-refractivity contribution in [3.8, 4) is 0 Å². The van der Waals surface area contributed by atoms with Crippen molar-refractivity contribution in [3.05, 3.63) is 29.8 Å². The van der Waals surface area contributed by atoms with Crippen molar-refractivity contribution in [2.75, 3.05) is 32.1 Å². The van der Waals surface area contributed by atoms with E-state index in [1.54, 1.807) is 4.90 Å². The van der Waals surface area contributed by atoms with E-state index in [-0.39, 0.29) is 6.09 Å². The highest BCUT2D eigenvalue weighted by molar-refractivity contribution is 5.68. The second-order valence-corrected chi connectivity index (χ2v) is 4.71. The van der Waals surface area contributed by atoms with Gasteiger partial charge in [0.25, 0.3) is 0 Å². The second kappa shape index (κ2) is 3.95. The van der Waals surface area contributed by atoms with Gasteiger partial charge in [0.05, 0.1) is 7.11 Å². The Morgan fingerprint density at radius 3 is 3.06 bits per heavy atom. The molecule has 1 fully saturated rings. The van der Waals surface area contributed by atoms with E-state index in [0.717, 1.165) is 19.6 Å². The molecule has 2 aliphatic heterocycles. The van der Waals surface area contributed by atoms with E-state index in [2.05, 4.69) is 23.5 Å². The molecule has 1 aromatic carbocycles. The monoisotopic (exact) mass is 232 g/mol. The zero-order chi connectivity index (χ0) is 11.8. The normalized spacial score (nSPS) is 25.8. The highest BCUT2D eigenvalue weighted by Crippen LogP contribution is 2.39. The summed E-state index contributed by atoms with van der Waals surface area (Å²) in [6.45, 7) is 2.50. The van der Waals surface area contributed by atoms with Gasteiger partial charge in [-0.05, 0) is 11.6 Å². The third-order valence-electron chi connectivity index (χ3n) is 3.79. The topological polar surface area (TPSA) is 41.6 Å². The van der Waals surface area contributed by atoms with Gasteiger partial charge in [-0.15, -0.1) is 0 Å². The molecule has 2 heterocycles. The standard InChI is InChI=1S/C13H16N2O2/c1-17-13(16)15-7-9-6-14-12-5-3-2-4-10(12)11(9)8-15/h2-5,9,11,14H,6-8H2,1H3/t9-,11-/m0/s1. The summed E-state index contributed by atoms with van der Waals surface area (Å²) in [7, 11) is 1.44. The summed E-state index contributed by atoms with van der Waals surface area (Å²) in [5.41, 5.74) is 2.54. The van der Waals surface area contributed by atoms with Gasteiger partial charge in [-0.3, -0.25) is 0 Å². The molecule has 4 heteroatoms. The van der Waals surface area contributed by atoms with Crippen LogP contribution >= 0.6 is 0 Å². The first-order valence-electron chi connectivity index (χ1n) is 5.95. The molecule has 0 aliphatic carbocycles. The van der Waals surface area contributed by atoms with Crippen molar-refractivity contribution < 1.29 is 9.53 Å². The van der Waals surface area contributed by atoms with Crippen molar-refractivity contribution in [1.82, 2.24) is 4.90 Å². The van der Waals surface area contributed by atoms with E-state index in [4.69, 9.17) is 4.74 Å². The van der Waals surface area contributed by atoms with Gasteiger partial charge in [-0.1, -0.05) is 18.2 Å². The molecule has 0 bridgehead atoms. The molecule has 17 heavy (non-hydrogen) atoms. The number of nitrogens with zero attached hydrogens (tertiary/aromatic N) is 1. The number of hydrogen-bond acceptors (Lipinski definition) is 3. The van der Waals surface area contributed by atoms with Crippen LogP contribution in [0.4, 0.5) is 10.5 Å². The van der Waals surface area contributed by atoms with Crippen LogP contribution in [-0.2, 0) is 4.74 Å². The molecule has 0 saturated carbocycles. The largest absolute Gasteiger partial charge is 0.453 e. The van der Waals surface area contributed by atoms with Crippen LogP contribution in [0, 0.1) is 5.92 Å². The van der Waals surface area contributed by atoms with E-state index in [9.17, 15) is 4.79 Å². The van der Waals surface area contributed by atoms with Gasteiger partial charge in [0.1, 0.15) is 0 Å². The van der Waals surface area contributed by atoms with E-state index in [1.165, 1.54) is 18.4 Å². The van der Waals surface area contributed by atoms with Crippen LogP contribution in [0.5, 0.6) is 0 Å². The highest BCUT2D eigenvalue weighted by Gasteiger charge is 2.39. The van der Waals surface area contributed by atoms with Crippen molar-refractivity contribution in [1.29, 1.82) is 0 Å². The molecule has 2 aliphatic rings. The molecular weight excluding hydrogens is 216 g/mol. The number of ether oxygens (including phenoxy) is 1. The minimum absolute atomic E-state index is 0.211. The molecule has 2 atom stereocenters. The average Bonchev–Trinajstić information content (AvgIpc) is 2.82. The Kier molecular flexibility index (Phi) is 2.42. The summed E-state index contributed by atoms with van der Waals surface area (Å²) >= 11 is 0. The lowest BCUT2D eigenvalue weighted by atomic mass is 9.85. The maximum Gasteiger partial charge on any atom is 0.409 e. The Morgan fingerprint density at radius 1 is 1.41 bits per heavy atom. The van der Waals surface area contributed by atoms with Crippen molar-refractivity contribution in [2.45, 2.75) is 5.92 Å². The molecule has 3 rings (SSSR count). The third kappa shape index (κ3) is 1.64. The first-order valence-corrected chi connectivity index (χ1v) is 5.95. The van der Waals surface area contributed by atoms with E-state index < -0.39 is 0 Å². The fraction of sp³-hybridized carbons (Fsp3) is 0.462. The SMILES string of the molecule is COC(=O)N1C[C@@H]2CNc3ccccc3[C@H]2C1. The molecule has 0 radical (unpaired) electrons. The number of para-hydroxylation sites is 1. The summed E-state index contributed by atoms with van der Waals surface area (Å²) in [5.74, 6) is 0.954. The van der Waals surface area contributed by atoms with Crippen LogP contribution in [0.2, 0.25) is 0 Å². The van der Waals surface area contributed by atoms with Crippen LogP contribution in [0.3, 0.4) is 0 Å². The highest BCUT2D eigenvalue weighted by atomic mass is 16.5. The molecule has 0 spiro atoms. The van der Waals surface area contributed by atoms with Crippen LogP contribution < -0.4 is 5.32 Å². The van der Waals surface area contributed by atoms with Crippen LogP contribution in [0.25, 0.3) is 0 Å². The van der Waals surface area contributed by atoms with Crippen molar-refractivity contribution in [2.24, 2.45) is 5.92 Å². The maximum absolute atomic E-state index is 11.6. The van der Waals surface area contributed by atoms with Crippen LogP contribution in [0.15, 0.2) is 24.3 Å². The molecule has 1 N–H and O–H groups in total. The molecule has 1 aromatic rings. The number of hydrogen-bond donors (Lipinski definition) is 1. The zero-order valence-electron chi connectivity index (χ0n) is 9.85. The number of amides is 1. The molecule has 0 aromatic heterocycles. The van der Waals surface area contributed by atoms with E-state index in [1.807, 2.05) is 6.07 Å². The maximum atomic E-state index is 11.6. The van der Waals surface area contributed by atoms with Crippen LogP contribution in [0.1, 0.15) is 11.5 Å². The van der Waals surface area contributed by atoms with Gasteiger partial charge in [-0.2, -0.15) is 0 Å². The Hall–Kier alpha value is -1.71. The minimum Gasteiger partial charge on any atom is -0.453 e. The lowest BCUT2D eigenvalue weighted by molar-refractivity contribution is 0.131. The summed E-state index contributed by atoms with van der Waals surface area (Å²) in [5, 5.41) is 3.43. The second-order valence-electron chi connectivity index (χ2n) is 4.71. The lowest BCUT2D eigenvalue weighted by Gasteiger charge is -2.28. The Labute approximate surface area is 101 Å². The Balaban J connectivity index is 1.87. The first-order chi connectivity index (χ1) is 8.29. The smallest absolute Gasteiger partial charge is 0.409 e. The Bertz CT molecular complexity index is 447. The van der Waals surface area contributed by atoms with Crippen LogP contribution in [-0.4, -0.2) is 37.7 Å². The van der Waals surface area contributed by atoms with Gasteiger partial charge < -0.3 is 15.0 Å². The fourth-order valence-corrected chi connectivity index (χ4v) is 2.93. The van der Waals surface area contributed by atoms with Crippen molar-refractivity contribution in [3.63, 3.8) is 0 Å². The van der Waals surface area contributed by atoms with E-state index >= 15 is 0 Å². The minimum atomic E-state index is -0.211.